The van der Waals surface area contributed by atoms with E-state index in [0.29, 0.717) is 11.5 Å². The zero-order valence-corrected chi connectivity index (χ0v) is 17.6. The van der Waals surface area contributed by atoms with E-state index < -0.39 is 23.3 Å². The van der Waals surface area contributed by atoms with Crippen LogP contribution >= 0.6 is 0 Å². The Bertz CT molecular complexity index is 1200. The lowest BCUT2D eigenvalue weighted by Gasteiger charge is -2.34. The summed E-state index contributed by atoms with van der Waals surface area (Å²) in [6.45, 7) is 3.42. The average molecular weight is 440 g/mol. The molecule has 2 heterocycles. The first-order valence-electron chi connectivity index (χ1n) is 10.00. The molecule has 0 fully saturated rings. The average Bonchev–Trinajstić information content (AvgIpc) is 3.44. The lowest BCUT2D eigenvalue weighted by atomic mass is 9.88. The maximum atomic E-state index is 14.6. The minimum Gasteiger partial charge on any atom is -0.380 e. The van der Waals surface area contributed by atoms with Gasteiger partial charge in [0.1, 0.15) is 42.2 Å². The summed E-state index contributed by atoms with van der Waals surface area (Å²) in [5, 5.41) is 19.5. The van der Waals surface area contributed by atoms with E-state index in [0.717, 1.165) is 23.3 Å². The Balaban J connectivity index is 1.55. The predicted molar refractivity (Wildman–Crippen MR) is 111 cm³/mol. The van der Waals surface area contributed by atoms with Gasteiger partial charge in [-0.05, 0) is 26.0 Å². The Morgan fingerprint density at radius 2 is 2.03 bits per heavy atom. The number of rotatable bonds is 8. The number of benzene rings is 2. The highest BCUT2D eigenvalue weighted by molar-refractivity contribution is 5.59. The van der Waals surface area contributed by atoms with Crippen LogP contribution in [0.2, 0.25) is 0 Å². The fourth-order valence-corrected chi connectivity index (χ4v) is 3.50. The second-order valence-electron chi connectivity index (χ2n) is 7.64. The molecule has 0 saturated carbocycles. The second-order valence-corrected chi connectivity index (χ2v) is 7.64. The van der Waals surface area contributed by atoms with Crippen molar-refractivity contribution in [2.45, 2.75) is 38.7 Å². The number of aryl methyl sites for hydroxylation is 1. The van der Waals surface area contributed by atoms with Gasteiger partial charge in [-0.3, -0.25) is 0 Å². The standard InChI is InChI=1S/C23H22F2N4O3/c1-15-4-3-5-17(8-15)22-10-19(32-28-22)11-31-16(2)23(30,12-29-14-26-13-27-29)20-7-6-18(24)9-21(20)25/h3-10,13-14,16,30H,11-12H2,1-2H3/t16-,23?/m1/s1. The smallest absolute Gasteiger partial charge is 0.163 e. The number of aliphatic hydroxyl groups is 1. The molecule has 0 aliphatic heterocycles. The van der Waals surface area contributed by atoms with Gasteiger partial charge in [-0.2, -0.15) is 5.10 Å². The van der Waals surface area contributed by atoms with E-state index in [1.165, 1.54) is 23.4 Å². The molecule has 0 bridgehead atoms. The highest BCUT2D eigenvalue weighted by atomic mass is 19.1. The normalized spacial score (nSPS) is 14.3. The zero-order valence-electron chi connectivity index (χ0n) is 17.6. The van der Waals surface area contributed by atoms with Gasteiger partial charge < -0.3 is 14.4 Å². The summed E-state index contributed by atoms with van der Waals surface area (Å²) >= 11 is 0. The third kappa shape index (κ3) is 4.58. The summed E-state index contributed by atoms with van der Waals surface area (Å²) in [5.74, 6) is -1.19. The SMILES string of the molecule is Cc1cccc(-c2cc(CO[C@H](C)C(O)(Cn3cncn3)c3ccc(F)cc3F)on2)c1. The van der Waals surface area contributed by atoms with E-state index in [9.17, 15) is 13.9 Å². The first-order chi connectivity index (χ1) is 15.3. The van der Waals surface area contributed by atoms with Crippen LogP contribution < -0.4 is 0 Å². The van der Waals surface area contributed by atoms with Gasteiger partial charge in [0, 0.05) is 23.3 Å². The summed E-state index contributed by atoms with van der Waals surface area (Å²) in [5.41, 5.74) is 0.688. The maximum absolute atomic E-state index is 14.6. The molecule has 2 aromatic carbocycles. The van der Waals surface area contributed by atoms with E-state index in [4.69, 9.17) is 9.26 Å². The van der Waals surface area contributed by atoms with Crippen molar-refractivity contribution in [3.63, 3.8) is 0 Å². The molecule has 0 radical (unpaired) electrons. The molecule has 7 nitrogen and oxygen atoms in total. The van der Waals surface area contributed by atoms with Crippen molar-refractivity contribution < 1.29 is 23.1 Å². The number of nitrogens with zero attached hydrogens (tertiary/aromatic N) is 4. The van der Waals surface area contributed by atoms with Crippen molar-refractivity contribution in [2.75, 3.05) is 0 Å². The molecule has 1 unspecified atom stereocenters. The van der Waals surface area contributed by atoms with Crippen LogP contribution in [0.4, 0.5) is 8.78 Å². The number of aromatic nitrogens is 4. The number of ether oxygens (including phenoxy) is 1. The van der Waals surface area contributed by atoms with Gasteiger partial charge in [-0.25, -0.2) is 18.4 Å². The monoisotopic (exact) mass is 440 g/mol. The number of hydrogen-bond donors (Lipinski definition) is 1. The van der Waals surface area contributed by atoms with Crippen LogP contribution in [0.5, 0.6) is 0 Å². The van der Waals surface area contributed by atoms with Gasteiger partial charge in [0.2, 0.25) is 0 Å². The zero-order chi connectivity index (χ0) is 22.7. The Labute approximate surface area is 183 Å². The molecule has 4 rings (SSSR count). The molecule has 4 aromatic rings. The summed E-state index contributed by atoms with van der Waals surface area (Å²) in [6.07, 6.45) is 1.78. The summed E-state index contributed by atoms with van der Waals surface area (Å²) < 4.78 is 40.6. The van der Waals surface area contributed by atoms with E-state index >= 15 is 0 Å². The first-order valence-corrected chi connectivity index (χ1v) is 10.00. The van der Waals surface area contributed by atoms with Crippen molar-refractivity contribution in [3.05, 3.63) is 89.7 Å². The van der Waals surface area contributed by atoms with Gasteiger partial charge in [-0.1, -0.05) is 35.0 Å². The van der Waals surface area contributed by atoms with E-state index in [2.05, 4.69) is 15.2 Å². The van der Waals surface area contributed by atoms with Crippen LogP contribution in [0.25, 0.3) is 11.3 Å². The fraction of sp³-hybridized carbons (Fsp3) is 0.261. The molecular formula is C23H22F2N4O3. The van der Waals surface area contributed by atoms with E-state index in [-0.39, 0.29) is 18.7 Å². The minimum absolute atomic E-state index is 0.0114. The topological polar surface area (TPSA) is 86.2 Å². The molecule has 1 N–H and O–H groups in total. The largest absolute Gasteiger partial charge is 0.380 e. The molecule has 2 atom stereocenters. The van der Waals surface area contributed by atoms with Gasteiger partial charge in [0.05, 0.1) is 12.6 Å². The van der Waals surface area contributed by atoms with E-state index in [1.54, 1.807) is 13.0 Å². The van der Waals surface area contributed by atoms with Crippen molar-refractivity contribution in [3.8, 4) is 11.3 Å². The first kappa shape index (κ1) is 21.8. The Hall–Kier alpha value is -3.43. The van der Waals surface area contributed by atoms with Crippen LogP contribution in [0.3, 0.4) is 0 Å². The third-order valence-corrected chi connectivity index (χ3v) is 5.29. The molecule has 0 amide bonds. The molecule has 166 valence electrons. The van der Waals surface area contributed by atoms with Crippen molar-refractivity contribution in [2.24, 2.45) is 0 Å². The summed E-state index contributed by atoms with van der Waals surface area (Å²) in [4.78, 5) is 3.85. The minimum atomic E-state index is -1.86. The summed E-state index contributed by atoms with van der Waals surface area (Å²) in [7, 11) is 0. The Morgan fingerprint density at radius 3 is 2.75 bits per heavy atom. The van der Waals surface area contributed by atoms with Gasteiger partial charge in [-0.15, -0.1) is 0 Å². The van der Waals surface area contributed by atoms with Crippen molar-refractivity contribution in [1.29, 1.82) is 0 Å². The van der Waals surface area contributed by atoms with Crippen LogP contribution in [-0.4, -0.2) is 31.1 Å². The second kappa shape index (κ2) is 8.97. The van der Waals surface area contributed by atoms with Crippen LogP contribution in [0.1, 0.15) is 23.8 Å². The fourth-order valence-electron chi connectivity index (χ4n) is 3.50. The summed E-state index contributed by atoms with van der Waals surface area (Å²) in [6, 6.07) is 12.6. The molecule has 0 aliphatic carbocycles. The Morgan fingerprint density at radius 1 is 1.19 bits per heavy atom. The lowest BCUT2D eigenvalue weighted by molar-refractivity contribution is -0.126. The quantitative estimate of drug-likeness (QED) is 0.446. The highest BCUT2D eigenvalue weighted by Crippen LogP contribution is 2.32. The van der Waals surface area contributed by atoms with Gasteiger partial charge >= 0.3 is 0 Å². The number of hydrogen-bond acceptors (Lipinski definition) is 6. The van der Waals surface area contributed by atoms with Crippen LogP contribution in [-0.2, 0) is 23.5 Å². The highest BCUT2D eigenvalue weighted by Gasteiger charge is 2.40. The molecular weight excluding hydrogens is 418 g/mol. The van der Waals surface area contributed by atoms with Crippen LogP contribution in [0.15, 0.2) is 65.7 Å². The van der Waals surface area contributed by atoms with Crippen molar-refractivity contribution >= 4 is 0 Å². The molecule has 9 heteroatoms. The molecule has 32 heavy (non-hydrogen) atoms. The lowest BCUT2D eigenvalue weighted by Crippen LogP contribution is -2.44. The molecule has 0 saturated heterocycles. The van der Waals surface area contributed by atoms with E-state index in [1.807, 2.05) is 31.2 Å². The predicted octanol–water partition coefficient (Wildman–Crippen LogP) is 4.01. The molecule has 0 aliphatic rings. The molecule has 0 spiro atoms. The maximum Gasteiger partial charge on any atom is 0.163 e. The Kier molecular flexibility index (Phi) is 6.11. The van der Waals surface area contributed by atoms with Crippen molar-refractivity contribution in [1.82, 2.24) is 19.9 Å². The van der Waals surface area contributed by atoms with Crippen LogP contribution in [0, 0.1) is 18.6 Å². The third-order valence-electron chi connectivity index (χ3n) is 5.29. The molecule has 2 aromatic heterocycles. The van der Waals surface area contributed by atoms with Gasteiger partial charge in [0.15, 0.2) is 5.76 Å². The van der Waals surface area contributed by atoms with Gasteiger partial charge in [0.25, 0.3) is 0 Å². The number of halogens is 2.